The highest BCUT2D eigenvalue weighted by Crippen LogP contribution is 2.28. The van der Waals surface area contributed by atoms with Crippen molar-refractivity contribution in [3.8, 4) is 11.5 Å². The van der Waals surface area contributed by atoms with Crippen LogP contribution in [0.4, 0.5) is 0 Å². The van der Waals surface area contributed by atoms with Gasteiger partial charge in [-0.3, -0.25) is 4.90 Å². The highest BCUT2D eigenvalue weighted by molar-refractivity contribution is 5.43. The van der Waals surface area contributed by atoms with Crippen molar-refractivity contribution >= 4 is 0 Å². The van der Waals surface area contributed by atoms with Crippen LogP contribution in [0.15, 0.2) is 78.9 Å². The molecule has 0 aliphatic heterocycles. The highest BCUT2D eigenvalue weighted by Gasteiger charge is 2.11. The molecule has 0 saturated carbocycles. The Morgan fingerprint density at radius 2 is 1.36 bits per heavy atom. The van der Waals surface area contributed by atoms with Gasteiger partial charge in [0.1, 0.15) is 0 Å². The molecule has 0 atom stereocenters. The second-order valence-corrected chi connectivity index (χ2v) is 6.85. The van der Waals surface area contributed by atoms with Gasteiger partial charge < -0.3 is 9.47 Å². The predicted molar refractivity (Wildman–Crippen MR) is 115 cm³/mol. The van der Waals surface area contributed by atoms with Crippen LogP contribution in [0.2, 0.25) is 0 Å². The maximum atomic E-state index is 5.75. The molecule has 3 aromatic rings. The van der Waals surface area contributed by atoms with E-state index in [9.17, 15) is 0 Å². The Kier molecular flexibility index (Phi) is 7.51. The van der Waals surface area contributed by atoms with Gasteiger partial charge in [0.15, 0.2) is 11.5 Å². The maximum absolute atomic E-state index is 5.75. The van der Waals surface area contributed by atoms with Crippen LogP contribution in [0.5, 0.6) is 11.5 Å². The molecule has 0 heterocycles. The molecular formula is C25H29NO2. The van der Waals surface area contributed by atoms with Crippen LogP contribution in [0.25, 0.3) is 0 Å². The van der Waals surface area contributed by atoms with E-state index in [0.29, 0.717) is 6.61 Å². The molecule has 0 aromatic heterocycles. The molecular weight excluding hydrogens is 346 g/mol. The minimum absolute atomic E-state index is 0.627. The van der Waals surface area contributed by atoms with Gasteiger partial charge in [0.25, 0.3) is 0 Å². The summed E-state index contributed by atoms with van der Waals surface area (Å²) in [7, 11) is 1.68. The Morgan fingerprint density at radius 3 is 2.00 bits per heavy atom. The lowest BCUT2D eigenvalue weighted by atomic mass is 10.1. The number of nitrogens with zero attached hydrogens (tertiary/aromatic N) is 1. The maximum Gasteiger partial charge on any atom is 0.161 e. The summed E-state index contributed by atoms with van der Waals surface area (Å²) in [5.41, 5.74) is 3.92. The van der Waals surface area contributed by atoms with Gasteiger partial charge >= 0.3 is 0 Å². The minimum atomic E-state index is 0.627. The highest BCUT2D eigenvalue weighted by atomic mass is 16.5. The Morgan fingerprint density at radius 1 is 0.714 bits per heavy atom. The fourth-order valence-corrected chi connectivity index (χ4v) is 3.33. The quantitative estimate of drug-likeness (QED) is 0.477. The van der Waals surface area contributed by atoms with E-state index in [2.05, 4.69) is 77.7 Å². The van der Waals surface area contributed by atoms with E-state index in [1.165, 1.54) is 16.7 Å². The van der Waals surface area contributed by atoms with Crippen LogP contribution < -0.4 is 9.47 Å². The molecule has 0 fully saturated rings. The first-order valence-corrected chi connectivity index (χ1v) is 9.88. The molecule has 3 nitrogen and oxygen atoms in total. The normalized spacial score (nSPS) is 10.8. The standard InChI is InChI=1S/C25H29NO2/c1-3-28-25-18-23(14-15-24(25)27-2)20-26(19-22-12-8-5-9-13-22)17-16-21-10-6-4-7-11-21/h4-15,18H,3,16-17,19-20H2,1-2H3. The molecule has 0 saturated heterocycles. The summed E-state index contributed by atoms with van der Waals surface area (Å²) in [6, 6.07) is 27.5. The molecule has 0 amide bonds. The number of methoxy groups -OCH3 is 1. The first-order chi connectivity index (χ1) is 13.8. The monoisotopic (exact) mass is 375 g/mol. The van der Waals surface area contributed by atoms with Gasteiger partial charge in [0, 0.05) is 19.6 Å². The summed E-state index contributed by atoms with van der Waals surface area (Å²) in [6.07, 6.45) is 1.03. The second-order valence-electron chi connectivity index (χ2n) is 6.85. The molecule has 0 radical (unpaired) electrons. The van der Waals surface area contributed by atoms with Crippen LogP contribution >= 0.6 is 0 Å². The van der Waals surface area contributed by atoms with Crippen LogP contribution in [-0.4, -0.2) is 25.2 Å². The first kappa shape index (κ1) is 20.0. The summed E-state index contributed by atoms with van der Waals surface area (Å²) in [5, 5.41) is 0. The SMILES string of the molecule is CCOc1cc(CN(CCc2ccccc2)Cc2ccccc2)ccc1OC. The van der Waals surface area contributed by atoms with Crippen molar-refractivity contribution in [2.45, 2.75) is 26.4 Å². The zero-order valence-corrected chi connectivity index (χ0v) is 16.8. The van der Waals surface area contributed by atoms with Gasteiger partial charge in [-0.2, -0.15) is 0 Å². The summed E-state index contributed by atoms with van der Waals surface area (Å²) in [6.45, 7) is 5.40. The van der Waals surface area contributed by atoms with Gasteiger partial charge in [0.2, 0.25) is 0 Å². The number of hydrogen-bond acceptors (Lipinski definition) is 3. The average Bonchev–Trinajstić information content (AvgIpc) is 2.74. The van der Waals surface area contributed by atoms with Crippen LogP contribution in [0, 0.1) is 0 Å². The third kappa shape index (κ3) is 5.86. The lowest BCUT2D eigenvalue weighted by Gasteiger charge is -2.23. The third-order valence-electron chi connectivity index (χ3n) is 4.74. The summed E-state index contributed by atoms with van der Waals surface area (Å²) < 4.78 is 11.2. The summed E-state index contributed by atoms with van der Waals surface area (Å²) in [4.78, 5) is 2.49. The average molecular weight is 376 g/mol. The van der Waals surface area contributed by atoms with E-state index in [0.717, 1.165) is 37.6 Å². The summed E-state index contributed by atoms with van der Waals surface area (Å²) >= 11 is 0. The largest absolute Gasteiger partial charge is 0.493 e. The molecule has 3 heteroatoms. The zero-order chi connectivity index (χ0) is 19.6. The van der Waals surface area contributed by atoms with Crippen molar-refractivity contribution in [1.82, 2.24) is 4.90 Å². The van der Waals surface area contributed by atoms with Crippen molar-refractivity contribution in [1.29, 1.82) is 0 Å². The van der Waals surface area contributed by atoms with Crippen molar-refractivity contribution in [2.24, 2.45) is 0 Å². The fraction of sp³-hybridized carbons (Fsp3) is 0.280. The van der Waals surface area contributed by atoms with E-state index in [1.54, 1.807) is 7.11 Å². The van der Waals surface area contributed by atoms with Gasteiger partial charge in [-0.05, 0) is 42.2 Å². The van der Waals surface area contributed by atoms with Gasteiger partial charge in [-0.15, -0.1) is 0 Å². The predicted octanol–water partition coefficient (Wildman–Crippen LogP) is 5.34. The van der Waals surface area contributed by atoms with Crippen LogP contribution in [0.3, 0.4) is 0 Å². The Hall–Kier alpha value is -2.78. The smallest absolute Gasteiger partial charge is 0.161 e. The lowest BCUT2D eigenvalue weighted by Crippen LogP contribution is -2.25. The van der Waals surface area contributed by atoms with Crippen LogP contribution in [0.1, 0.15) is 23.6 Å². The van der Waals surface area contributed by atoms with Crippen molar-refractivity contribution in [3.05, 3.63) is 95.6 Å². The molecule has 0 bridgehead atoms. The Balaban J connectivity index is 1.75. The minimum Gasteiger partial charge on any atom is -0.493 e. The molecule has 3 rings (SSSR count). The van der Waals surface area contributed by atoms with E-state index in [4.69, 9.17) is 9.47 Å². The van der Waals surface area contributed by atoms with E-state index >= 15 is 0 Å². The van der Waals surface area contributed by atoms with Crippen molar-refractivity contribution in [2.75, 3.05) is 20.3 Å². The number of rotatable bonds is 10. The molecule has 3 aromatic carbocycles. The molecule has 146 valence electrons. The Labute approximate surface area is 168 Å². The molecule has 0 aliphatic rings. The fourth-order valence-electron chi connectivity index (χ4n) is 3.33. The molecule has 0 aliphatic carbocycles. The van der Waals surface area contributed by atoms with E-state index in [-0.39, 0.29) is 0 Å². The van der Waals surface area contributed by atoms with Crippen molar-refractivity contribution in [3.63, 3.8) is 0 Å². The number of ether oxygens (including phenoxy) is 2. The lowest BCUT2D eigenvalue weighted by molar-refractivity contribution is 0.258. The molecule has 0 spiro atoms. The first-order valence-electron chi connectivity index (χ1n) is 9.88. The second kappa shape index (κ2) is 10.5. The zero-order valence-electron chi connectivity index (χ0n) is 16.8. The van der Waals surface area contributed by atoms with Gasteiger partial charge in [0.05, 0.1) is 13.7 Å². The third-order valence-corrected chi connectivity index (χ3v) is 4.74. The van der Waals surface area contributed by atoms with E-state index < -0.39 is 0 Å². The molecule has 0 N–H and O–H groups in total. The topological polar surface area (TPSA) is 21.7 Å². The molecule has 28 heavy (non-hydrogen) atoms. The Bertz CT molecular complexity index is 834. The number of hydrogen-bond donors (Lipinski definition) is 0. The van der Waals surface area contributed by atoms with Crippen molar-refractivity contribution < 1.29 is 9.47 Å². The van der Waals surface area contributed by atoms with Crippen LogP contribution in [-0.2, 0) is 19.5 Å². The van der Waals surface area contributed by atoms with Gasteiger partial charge in [-0.25, -0.2) is 0 Å². The summed E-state index contributed by atoms with van der Waals surface area (Å²) in [5.74, 6) is 1.59. The molecule has 0 unspecified atom stereocenters. The van der Waals surface area contributed by atoms with Gasteiger partial charge in [-0.1, -0.05) is 66.7 Å². The van der Waals surface area contributed by atoms with E-state index in [1.807, 2.05) is 13.0 Å². The number of benzene rings is 3.